The number of halogens is 4. The third-order valence-corrected chi connectivity index (χ3v) is 3.55. The number of carbonyl (C=O) groups excluding carboxylic acids is 1. The molecule has 0 saturated carbocycles. The van der Waals surface area contributed by atoms with Crippen molar-refractivity contribution in [2.75, 3.05) is 0 Å². The lowest BCUT2D eigenvalue weighted by atomic mass is 9.84. The molecule has 2 rings (SSSR count). The van der Waals surface area contributed by atoms with Crippen molar-refractivity contribution in [3.8, 4) is 6.26 Å². The summed E-state index contributed by atoms with van der Waals surface area (Å²) in [6.45, 7) is 1.69. The van der Waals surface area contributed by atoms with Gasteiger partial charge in [-0.2, -0.15) is 13.2 Å². The van der Waals surface area contributed by atoms with Crippen LogP contribution in [-0.4, -0.2) is 5.97 Å². The zero-order valence-corrected chi connectivity index (χ0v) is 12.4. The topological polar surface area (TPSA) is 62.1 Å². The molecule has 1 atom stereocenters. The molecule has 1 N–H and O–H groups in total. The molecule has 1 aliphatic heterocycles. The van der Waals surface area contributed by atoms with Crippen LogP contribution in [0.3, 0.4) is 0 Å². The van der Waals surface area contributed by atoms with Gasteiger partial charge in [0, 0.05) is 11.6 Å². The van der Waals surface area contributed by atoms with Gasteiger partial charge in [-0.1, -0.05) is 19.1 Å². The van der Waals surface area contributed by atoms with Crippen LogP contribution < -0.4 is 5.32 Å². The first kappa shape index (κ1) is 17.5. The average Bonchev–Trinajstić information content (AvgIpc) is 2.53. The Morgan fingerprint density at radius 2 is 2.12 bits per heavy atom. The summed E-state index contributed by atoms with van der Waals surface area (Å²) in [4.78, 5) is 12.0. The Morgan fingerprint density at radius 1 is 1.42 bits per heavy atom. The minimum Gasteiger partial charge on any atom is -0.365 e. The number of hydrogen-bond donors (Lipinski definition) is 1. The van der Waals surface area contributed by atoms with Crippen LogP contribution in [0.2, 0.25) is 0 Å². The molecule has 0 bridgehead atoms. The Kier molecular flexibility index (Phi) is 4.93. The molecule has 1 aromatic carbocycles. The van der Waals surface area contributed by atoms with Crippen LogP contribution in [-0.2, 0) is 15.7 Å². The van der Waals surface area contributed by atoms with Crippen molar-refractivity contribution in [3.63, 3.8) is 0 Å². The largest absolute Gasteiger partial charge is 0.416 e. The summed E-state index contributed by atoms with van der Waals surface area (Å²) < 4.78 is 57.3. The van der Waals surface area contributed by atoms with Gasteiger partial charge in [0.15, 0.2) is 0 Å². The minimum absolute atomic E-state index is 0.112. The third kappa shape index (κ3) is 3.40. The van der Waals surface area contributed by atoms with Gasteiger partial charge in [-0.25, -0.2) is 9.18 Å². The van der Waals surface area contributed by atoms with E-state index < -0.39 is 29.4 Å². The lowest BCUT2D eigenvalue weighted by molar-refractivity contribution is -0.139. The molecule has 24 heavy (non-hydrogen) atoms. The van der Waals surface area contributed by atoms with Gasteiger partial charge in [0.2, 0.25) is 0 Å². The molecule has 0 spiro atoms. The van der Waals surface area contributed by atoms with E-state index in [2.05, 4.69) is 10.1 Å². The number of nitrogens with one attached hydrogen (secondary N) is 1. The number of carbonyl (C=O) groups is 1. The molecule has 1 heterocycles. The fourth-order valence-corrected chi connectivity index (χ4v) is 2.55. The fourth-order valence-electron chi connectivity index (χ4n) is 2.55. The highest BCUT2D eigenvalue weighted by atomic mass is 19.4. The molecule has 0 fully saturated rings. The van der Waals surface area contributed by atoms with Crippen LogP contribution in [0.5, 0.6) is 0 Å². The number of nitrogens with zero attached hydrogens (tertiary/aromatic N) is 1. The van der Waals surface area contributed by atoms with Crippen LogP contribution in [0.4, 0.5) is 17.6 Å². The predicted molar refractivity (Wildman–Crippen MR) is 75.4 cm³/mol. The predicted octanol–water partition coefficient (Wildman–Crippen LogP) is 3.73. The summed E-state index contributed by atoms with van der Waals surface area (Å²) in [7, 11) is 0. The second-order valence-electron chi connectivity index (χ2n) is 4.94. The van der Waals surface area contributed by atoms with E-state index in [1.165, 1.54) is 18.5 Å². The zero-order valence-electron chi connectivity index (χ0n) is 12.4. The van der Waals surface area contributed by atoms with Crippen LogP contribution in [0.25, 0.3) is 0 Å². The molecule has 0 aliphatic carbocycles. The molecule has 0 aromatic heterocycles. The molecule has 1 aromatic rings. The molecular weight excluding hydrogens is 328 g/mol. The molecule has 8 heteroatoms. The number of nitriles is 1. The summed E-state index contributed by atoms with van der Waals surface area (Å²) in [5.41, 5.74) is -1.26. The lowest BCUT2D eigenvalue weighted by Gasteiger charge is -2.25. The number of esters is 1. The molecule has 1 unspecified atom stereocenters. The van der Waals surface area contributed by atoms with E-state index in [-0.39, 0.29) is 11.1 Å². The average molecular weight is 340 g/mol. The van der Waals surface area contributed by atoms with Gasteiger partial charge < -0.3 is 10.1 Å². The highest BCUT2D eigenvalue weighted by Gasteiger charge is 2.38. The van der Waals surface area contributed by atoms with E-state index in [9.17, 15) is 22.4 Å². The normalized spacial score (nSPS) is 17.2. The van der Waals surface area contributed by atoms with E-state index in [0.717, 1.165) is 12.1 Å². The van der Waals surface area contributed by atoms with Gasteiger partial charge in [0.1, 0.15) is 5.82 Å². The Morgan fingerprint density at radius 3 is 2.71 bits per heavy atom. The first-order chi connectivity index (χ1) is 11.3. The van der Waals surface area contributed by atoms with Crippen molar-refractivity contribution >= 4 is 5.97 Å². The standard InChI is InChI=1S/C16H12F4N2O2/c1-2-13-14(15(23)24-8-21)11(5-6-22-13)10-4-3-9(17)7-12(10)16(18,19)20/h3-7,11,22H,2H2,1H3. The highest BCUT2D eigenvalue weighted by Crippen LogP contribution is 2.40. The van der Waals surface area contributed by atoms with Crippen LogP contribution >= 0.6 is 0 Å². The number of allylic oxidation sites excluding steroid dienone is 2. The minimum atomic E-state index is -4.80. The molecule has 0 amide bonds. The van der Waals surface area contributed by atoms with Crippen molar-refractivity contribution < 1.29 is 27.1 Å². The highest BCUT2D eigenvalue weighted by molar-refractivity contribution is 5.92. The summed E-state index contributed by atoms with van der Waals surface area (Å²) in [6, 6.07) is 2.24. The van der Waals surface area contributed by atoms with Crippen molar-refractivity contribution in [2.24, 2.45) is 0 Å². The summed E-state index contributed by atoms with van der Waals surface area (Å²) in [5.74, 6) is -3.20. The number of benzene rings is 1. The van der Waals surface area contributed by atoms with Crippen molar-refractivity contribution in [1.82, 2.24) is 5.32 Å². The maximum Gasteiger partial charge on any atom is 0.416 e. The van der Waals surface area contributed by atoms with Gasteiger partial charge in [0.25, 0.3) is 6.26 Å². The van der Waals surface area contributed by atoms with Gasteiger partial charge in [-0.05, 0) is 30.3 Å². The Hall–Kier alpha value is -2.82. The monoisotopic (exact) mass is 340 g/mol. The number of dihydropyridines is 1. The first-order valence-corrected chi connectivity index (χ1v) is 6.92. The smallest absolute Gasteiger partial charge is 0.365 e. The summed E-state index contributed by atoms with van der Waals surface area (Å²) >= 11 is 0. The Bertz CT molecular complexity index is 760. The number of alkyl halides is 3. The summed E-state index contributed by atoms with van der Waals surface area (Å²) in [6.07, 6.45) is -0.548. The van der Waals surface area contributed by atoms with Crippen molar-refractivity contribution in [1.29, 1.82) is 5.26 Å². The van der Waals surface area contributed by atoms with Crippen molar-refractivity contribution in [3.05, 3.63) is 58.7 Å². The van der Waals surface area contributed by atoms with Crippen LogP contribution in [0.1, 0.15) is 30.4 Å². The van der Waals surface area contributed by atoms with Gasteiger partial charge >= 0.3 is 12.1 Å². The molecule has 0 radical (unpaired) electrons. The van der Waals surface area contributed by atoms with E-state index in [1.54, 1.807) is 6.92 Å². The van der Waals surface area contributed by atoms with Crippen LogP contribution in [0.15, 0.2) is 41.7 Å². The van der Waals surface area contributed by atoms with E-state index in [4.69, 9.17) is 5.26 Å². The van der Waals surface area contributed by atoms with Gasteiger partial charge in [-0.15, -0.1) is 5.26 Å². The number of ether oxygens (including phenoxy) is 1. The fraction of sp³-hybridized carbons (Fsp3) is 0.250. The number of rotatable bonds is 3. The molecule has 0 saturated heterocycles. The zero-order chi connectivity index (χ0) is 17.9. The Balaban J connectivity index is 2.64. The van der Waals surface area contributed by atoms with Gasteiger partial charge in [-0.3, -0.25) is 0 Å². The van der Waals surface area contributed by atoms with Crippen LogP contribution in [0, 0.1) is 17.3 Å². The second-order valence-corrected chi connectivity index (χ2v) is 4.94. The molecule has 1 aliphatic rings. The SMILES string of the molecule is CCC1=C(C(=O)OC#N)C(c2ccc(F)cc2C(F)(F)F)C=CN1. The quantitative estimate of drug-likeness (QED) is 0.517. The second kappa shape index (κ2) is 6.74. The molecule has 4 nitrogen and oxygen atoms in total. The maximum atomic E-state index is 13.3. The van der Waals surface area contributed by atoms with E-state index >= 15 is 0 Å². The van der Waals surface area contributed by atoms with E-state index in [0.29, 0.717) is 18.2 Å². The molecule has 126 valence electrons. The molecular formula is C16H12F4N2O2. The third-order valence-electron chi connectivity index (χ3n) is 3.55. The maximum absolute atomic E-state index is 13.3. The number of hydrogen-bond acceptors (Lipinski definition) is 4. The van der Waals surface area contributed by atoms with E-state index in [1.807, 2.05) is 0 Å². The Labute approximate surface area is 135 Å². The first-order valence-electron chi connectivity index (χ1n) is 6.92. The summed E-state index contributed by atoms with van der Waals surface area (Å²) in [5, 5.41) is 11.3. The van der Waals surface area contributed by atoms with Gasteiger partial charge in [0.05, 0.1) is 11.1 Å². The van der Waals surface area contributed by atoms with Crippen molar-refractivity contribution in [2.45, 2.75) is 25.4 Å². The lowest BCUT2D eigenvalue weighted by Crippen LogP contribution is -2.25.